The minimum absolute atomic E-state index is 0.124. The number of nitrogens with one attached hydrogen (secondary N) is 1. The molecule has 0 aliphatic heterocycles. The molecule has 1 atom stereocenters. The molecule has 130 valence electrons. The highest BCUT2D eigenvalue weighted by atomic mass is 32.2. The molecule has 1 unspecified atom stereocenters. The van der Waals surface area contributed by atoms with Crippen molar-refractivity contribution in [3.05, 3.63) is 59.7 Å². The highest BCUT2D eigenvalue weighted by molar-refractivity contribution is 7.89. The highest BCUT2D eigenvalue weighted by Crippen LogP contribution is 2.25. The zero-order valence-corrected chi connectivity index (χ0v) is 14.7. The Morgan fingerprint density at radius 3 is 2.54 bits per heavy atom. The Morgan fingerprint density at radius 1 is 1.17 bits per heavy atom. The van der Waals surface area contributed by atoms with Gasteiger partial charge in [-0.2, -0.15) is 0 Å². The third-order valence-corrected chi connectivity index (χ3v) is 5.07. The van der Waals surface area contributed by atoms with E-state index in [9.17, 15) is 13.5 Å². The quantitative estimate of drug-likeness (QED) is 0.768. The van der Waals surface area contributed by atoms with Gasteiger partial charge in [0.15, 0.2) is 0 Å². The molecular formula is C18H23NO4S. The molecule has 2 rings (SSSR count). The van der Waals surface area contributed by atoms with Gasteiger partial charge in [0.05, 0.1) is 12.7 Å². The molecule has 2 aromatic carbocycles. The zero-order chi connectivity index (χ0) is 17.6. The fraction of sp³-hybridized carbons (Fsp3) is 0.333. The van der Waals surface area contributed by atoms with Crippen molar-refractivity contribution in [1.29, 1.82) is 0 Å². The Hall–Kier alpha value is -1.89. The first-order chi connectivity index (χ1) is 11.4. The molecule has 24 heavy (non-hydrogen) atoms. The van der Waals surface area contributed by atoms with Crippen LogP contribution in [0.25, 0.3) is 0 Å². The van der Waals surface area contributed by atoms with E-state index in [0.717, 1.165) is 11.1 Å². The summed E-state index contributed by atoms with van der Waals surface area (Å²) in [5.41, 5.74) is 1.60. The van der Waals surface area contributed by atoms with Gasteiger partial charge in [-0.3, -0.25) is 0 Å². The molecule has 0 fully saturated rings. The molecule has 0 radical (unpaired) electrons. The standard InChI is InChI=1S/C18H23NO4S/c1-3-23-17-10-9-14(2)13-18(17)24(21,22)19-12-11-16(20)15-7-5-4-6-8-15/h4-10,13,16,19-20H,3,11-12H2,1-2H3. The SMILES string of the molecule is CCOc1ccc(C)cc1S(=O)(=O)NCCC(O)c1ccccc1. The van der Waals surface area contributed by atoms with Gasteiger partial charge in [0, 0.05) is 6.54 Å². The van der Waals surface area contributed by atoms with Gasteiger partial charge in [0.2, 0.25) is 10.0 Å². The lowest BCUT2D eigenvalue weighted by molar-refractivity contribution is 0.169. The third-order valence-electron chi connectivity index (χ3n) is 3.58. The Kier molecular flexibility index (Phi) is 6.36. The molecule has 0 aliphatic rings. The van der Waals surface area contributed by atoms with Crippen molar-refractivity contribution in [3.63, 3.8) is 0 Å². The summed E-state index contributed by atoms with van der Waals surface area (Å²) in [6.45, 7) is 4.16. The molecule has 0 saturated heterocycles. The van der Waals surface area contributed by atoms with E-state index in [1.165, 1.54) is 0 Å². The number of hydrogen-bond donors (Lipinski definition) is 2. The van der Waals surface area contributed by atoms with Crippen LogP contribution < -0.4 is 9.46 Å². The van der Waals surface area contributed by atoms with Gasteiger partial charge < -0.3 is 9.84 Å². The lowest BCUT2D eigenvalue weighted by Crippen LogP contribution is -2.26. The number of hydrogen-bond acceptors (Lipinski definition) is 4. The molecule has 2 N–H and O–H groups in total. The monoisotopic (exact) mass is 349 g/mol. The van der Waals surface area contributed by atoms with E-state index in [4.69, 9.17) is 4.74 Å². The van der Waals surface area contributed by atoms with Crippen molar-refractivity contribution in [3.8, 4) is 5.75 Å². The Balaban J connectivity index is 2.05. The molecular weight excluding hydrogens is 326 g/mol. The summed E-state index contributed by atoms with van der Waals surface area (Å²) in [5.74, 6) is 0.333. The lowest BCUT2D eigenvalue weighted by Gasteiger charge is -2.14. The molecule has 6 heteroatoms. The van der Waals surface area contributed by atoms with Crippen molar-refractivity contribution in [2.24, 2.45) is 0 Å². The van der Waals surface area contributed by atoms with Gasteiger partial charge in [-0.05, 0) is 43.5 Å². The van der Waals surface area contributed by atoms with Crippen LogP contribution in [0.3, 0.4) is 0 Å². The average molecular weight is 349 g/mol. The number of benzene rings is 2. The van der Waals surface area contributed by atoms with Crippen LogP contribution in [0.15, 0.2) is 53.4 Å². The van der Waals surface area contributed by atoms with Gasteiger partial charge in [0.1, 0.15) is 10.6 Å². The summed E-state index contributed by atoms with van der Waals surface area (Å²) < 4.78 is 33.0. The fourth-order valence-electron chi connectivity index (χ4n) is 2.35. The van der Waals surface area contributed by atoms with Gasteiger partial charge >= 0.3 is 0 Å². The van der Waals surface area contributed by atoms with Crippen LogP contribution >= 0.6 is 0 Å². The van der Waals surface area contributed by atoms with Crippen LogP contribution in [0.4, 0.5) is 0 Å². The number of aliphatic hydroxyl groups excluding tert-OH is 1. The third kappa shape index (κ3) is 4.80. The van der Waals surface area contributed by atoms with E-state index in [-0.39, 0.29) is 11.4 Å². The summed E-state index contributed by atoms with van der Waals surface area (Å²) in [6, 6.07) is 14.2. The zero-order valence-electron chi connectivity index (χ0n) is 13.9. The van der Waals surface area contributed by atoms with Crippen LogP contribution in [-0.4, -0.2) is 26.7 Å². The fourth-order valence-corrected chi connectivity index (χ4v) is 3.62. The molecule has 0 aromatic heterocycles. The first-order valence-corrected chi connectivity index (χ1v) is 9.38. The van der Waals surface area contributed by atoms with Crippen molar-refractivity contribution in [2.45, 2.75) is 31.3 Å². The first kappa shape index (κ1) is 18.4. The minimum atomic E-state index is -3.70. The number of ether oxygens (including phenoxy) is 1. The summed E-state index contributed by atoms with van der Waals surface area (Å²) in [4.78, 5) is 0.124. The minimum Gasteiger partial charge on any atom is -0.492 e. The van der Waals surface area contributed by atoms with Gasteiger partial charge in [-0.15, -0.1) is 0 Å². The topological polar surface area (TPSA) is 75.6 Å². The number of sulfonamides is 1. The second kappa shape index (κ2) is 8.28. The second-order valence-corrected chi connectivity index (χ2v) is 7.23. The molecule has 2 aromatic rings. The number of rotatable bonds is 8. The Morgan fingerprint density at radius 2 is 1.88 bits per heavy atom. The lowest BCUT2D eigenvalue weighted by atomic mass is 10.1. The van der Waals surface area contributed by atoms with Gasteiger partial charge in [-0.25, -0.2) is 13.1 Å². The van der Waals surface area contributed by atoms with E-state index in [0.29, 0.717) is 18.8 Å². The molecule has 0 spiro atoms. The summed E-state index contributed by atoms with van der Waals surface area (Å²) >= 11 is 0. The maximum Gasteiger partial charge on any atom is 0.244 e. The number of aryl methyl sites for hydroxylation is 1. The van der Waals surface area contributed by atoms with Crippen molar-refractivity contribution < 1.29 is 18.3 Å². The summed E-state index contributed by atoms with van der Waals surface area (Å²) in [6.07, 6.45) is -0.420. The van der Waals surface area contributed by atoms with Crippen molar-refractivity contribution >= 4 is 10.0 Å². The van der Waals surface area contributed by atoms with E-state index < -0.39 is 16.1 Å². The van der Waals surface area contributed by atoms with Gasteiger partial charge in [0.25, 0.3) is 0 Å². The van der Waals surface area contributed by atoms with E-state index in [2.05, 4.69) is 4.72 Å². The first-order valence-electron chi connectivity index (χ1n) is 7.90. The number of aliphatic hydroxyl groups is 1. The smallest absolute Gasteiger partial charge is 0.244 e. The van der Waals surface area contributed by atoms with Gasteiger partial charge in [-0.1, -0.05) is 36.4 Å². The van der Waals surface area contributed by atoms with Crippen LogP contribution in [0, 0.1) is 6.92 Å². The highest BCUT2D eigenvalue weighted by Gasteiger charge is 2.20. The molecule has 0 amide bonds. The van der Waals surface area contributed by atoms with Crippen LogP contribution in [0.1, 0.15) is 30.6 Å². The van der Waals surface area contributed by atoms with E-state index in [1.807, 2.05) is 43.3 Å². The molecule has 0 saturated carbocycles. The Bertz CT molecular complexity index is 760. The molecule has 0 bridgehead atoms. The molecule has 5 nitrogen and oxygen atoms in total. The maximum atomic E-state index is 12.5. The second-order valence-electron chi connectivity index (χ2n) is 5.50. The maximum absolute atomic E-state index is 12.5. The predicted octanol–water partition coefficient (Wildman–Crippen LogP) is 2.80. The van der Waals surface area contributed by atoms with Crippen LogP contribution in [0.5, 0.6) is 5.75 Å². The van der Waals surface area contributed by atoms with E-state index >= 15 is 0 Å². The van der Waals surface area contributed by atoms with E-state index in [1.54, 1.807) is 19.1 Å². The van der Waals surface area contributed by atoms with Crippen molar-refractivity contribution in [2.75, 3.05) is 13.2 Å². The van der Waals surface area contributed by atoms with Crippen LogP contribution in [-0.2, 0) is 10.0 Å². The predicted molar refractivity (Wildman–Crippen MR) is 93.6 cm³/mol. The summed E-state index contributed by atoms with van der Waals surface area (Å²) in [7, 11) is -3.70. The largest absolute Gasteiger partial charge is 0.492 e. The average Bonchev–Trinajstić information content (AvgIpc) is 2.57. The normalized spacial score (nSPS) is 12.8. The van der Waals surface area contributed by atoms with Crippen LogP contribution in [0.2, 0.25) is 0 Å². The molecule has 0 aliphatic carbocycles. The van der Waals surface area contributed by atoms with Crippen molar-refractivity contribution in [1.82, 2.24) is 4.72 Å². The Labute approximate surface area is 143 Å². The molecule has 0 heterocycles. The summed E-state index contributed by atoms with van der Waals surface area (Å²) in [5, 5.41) is 10.1.